The molecule has 0 fully saturated rings. The van der Waals surface area contributed by atoms with E-state index in [0.717, 1.165) is 16.2 Å². The van der Waals surface area contributed by atoms with Crippen molar-refractivity contribution in [3.8, 4) is 16.5 Å². The van der Waals surface area contributed by atoms with Crippen LogP contribution in [0, 0.1) is 6.92 Å². The van der Waals surface area contributed by atoms with E-state index >= 15 is 0 Å². The van der Waals surface area contributed by atoms with Crippen LogP contribution in [-0.2, 0) is 0 Å². The van der Waals surface area contributed by atoms with E-state index in [1.54, 1.807) is 11.6 Å². The second-order valence-electron chi connectivity index (χ2n) is 3.79. The Bertz CT molecular complexity index is 623. The summed E-state index contributed by atoms with van der Waals surface area (Å²) in [5.41, 5.74) is 3.29. The zero-order valence-corrected chi connectivity index (χ0v) is 10.4. The number of nitrogens with zero attached hydrogens (tertiary/aromatic N) is 3. The van der Waals surface area contributed by atoms with Crippen molar-refractivity contribution in [3.05, 3.63) is 36.0 Å². The van der Waals surface area contributed by atoms with E-state index in [0.29, 0.717) is 5.19 Å². The summed E-state index contributed by atoms with van der Waals surface area (Å²) in [7, 11) is 1.61. The van der Waals surface area contributed by atoms with Crippen LogP contribution in [0.4, 0.5) is 0 Å². The highest BCUT2D eigenvalue weighted by Crippen LogP contribution is 2.25. The molecule has 0 N–H and O–H groups in total. The minimum Gasteiger partial charge on any atom is -0.472 e. The van der Waals surface area contributed by atoms with Crippen LogP contribution in [0.2, 0.25) is 0 Å². The molecule has 2 aromatic heterocycles. The lowest BCUT2D eigenvalue weighted by atomic mass is 10.1. The first kappa shape index (κ1) is 10.3. The maximum absolute atomic E-state index is 5.07. The molecule has 2 heterocycles. The quantitative estimate of drug-likeness (QED) is 0.697. The highest BCUT2D eigenvalue weighted by molar-refractivity contribution is 7.18. The fourth-order valence-electron chi connectivity index (χ4n) is 1.63. The summed E-state index contributed by atoms with van der Waals surface area (Å²) in [5, 5.41) is 4.87. The van der Waals surface area contributed by atoms with Crippen molar-refractivity contribution >= 4 is 16.3 Å². The van der Waals surface area contributed by atoms with Crippen LogP contribution in [0.25, 0.3) is 16.2 Å². The molecule has 5 heteroatoms. The Labute approximate surface area is 102 Å². The van der Waals surface area contributed by atoms with Crippen molar-refractivity contribution in [3.63, 3.8) is 0 Å². The summed E-state index contributed by atoms with van der Waals surface area (Å²) in [6, 6.07) is 8.30. The van der Waals surface area contributed by atoms with Gasteiger partial charge in [0.1, 0.15) is 0 Å². The predicted octanol–water partition coefficient (Wildman–Crippen LogP) is 2.77. The van der Waals surface area contributed by atoms with Crippen molar-refractivity contribution < 1.29 is 4.74 Å². The van der Waals surface area contributed by atoms with Gasteiger partial charge in [0.05, 0.1) is 19.0 Å². The van der Waals surface area contributed by atoms with Gasteiger partial charge in [-0.05, 0) is 18.3 Å². The van der Waals surface area contributed by atoms with Gasteiger partial charge in [-0.25, -0.2) is 9.50 Å². The van der Waals surface area contributed by atoms with E-state index in [1.807, 2.05) is 6.20 Å². The Morgan fingerprint density at radius 3 is 2.65 bits per heavy atom. The van der Waals surface area contributed by atoms with Gasteiger partial charge >= 0.3 is 0 Å². The third-order valence-corrected chi connectivity index (χ3v) is 3.43. The summed E-state index contributed by atoms with van der Waals surface area (Å²) in [4.78, 5) is 5.37. The normalized spacial score (nSPS) is 10.9. The van der Waals surface area contributed by atoms with Gasteiger partial charge in [0.25, 0.3) is 5.19 Å². The van der Waals surface area contributed by atoms with E-state index < -0.39 is 0 Å². The maximum Gasteiger partial charge on any atom is 0.294 e. The van der Waals surface area contributed by atoms with E-state index in [-0.39, 0.29) is 0 Å². The van der Waals surface area contributed by atoms with Crippen molar-refractivity contribution in [2.45, 2.75) is 6.92 Å². The van der Waals surface area contributed by atoms with Gasteiger partial charge in [0, 0.05) is 5.56 Å². The molecule has 0 bridgehead atoms. The highest BCUT2D eigenvalue weighted by Gasteiger charge is 2.09. The largest absolute Gasteiger partial charge is 0.472 e. The Morgan fingerprint density at radius 1 is 1.24 bits per heavy atom. The first-order valence-electron chi connectivity index (χ1n) is 5.23. The number of methoxy groups -OCH3 is 1. The second kappa shape index (κ2) is 3.85. The molecule has 0 amide bonds. The Balaban J connectivity index is 2.06. The molecule has 17 heavy (non-hydrogen) atoms. The van der Waals surface area contributed by atoms with Crippen molar-refractivity contribution in [2.24, 2.45) is 0 Å². The van der Waals surface area contributed by atoms with Crippen LogP contribution in [-0.4, -0.2) is 21.7 Å². The summed E-state index contributed by atoms with van der Waals surface area (Å²) >= 11 is 1.43. The number of aryl methyl sites for hydroxylation is 1. The zero-order valence-electron chi connectivity index (χ0n) is 9.54. The van der Waals surface area contributed by atoms with Crippen molar-refractivity contribution in [1.82, 2.24) is 14.6 Å². The third kappa shape index (κ3) is 1.78. The summed E-state index contributed by atoms with van der Waals surface area (Å²) in [6.45, 7) is 2.07. The van der Waals surface area contributed by atoms with Crippen LogP contribution >= 0.6 is 11.3 Å². The minimum atomic E-state index is 0.628. The van der Waals surface area contributed by atoms with Crippen molar-refractivity contribution in [1.29, 1.82) is 0 Å². The first-order valence-corrected chi connectivity index (χ1v) is 6.05. The third-order valence-electron chi connectivity index (χ3n) is 2.55. The van der Waals surface area contributed by atoms with E-state index in [2.05, 4.69) is 41.3 Å². The van der Waals surface area contributed by atoms with Gasteiger partial charge < -0.3 is 4.74 Å². The molecule has 1 aromatic carbocycles. The fraction of sp³-hybridized carbons (Fsp3) is 0.167. The molecule has 0 aliphatic rings. The van der Waals surface area contributed by atoms with E-state index in [4.69, 9.17) is 4.74 Å². The molecule has 0 saturated heterocycles. The molecule has 4 nitrogen and oxygen atoms in total. The number of benzene rings is 1. The smallest absolute Gasteiger partial charge is 0.294 e. The lowest BCUT2D eigenvalue weighted by Crippen LogP contribution is -1.84. The van der Waals surface area contributed by atoms with Crippen LogP contribution in [0.1, 0.15) is 5.56 Å². The number of rotatable bonds is 2. The lowest BCUT2D eigenvalue weighted by molar-refractivity contribution is 0.405. The molecular formula is C12H11N3OS. The van der Waals surface area contributed by atoms with E-state index in [1.165, 1.54) is 16.9 Å². The average molecular weight is 245 g/mol. The van der Waals surface area contributed by atoms with Gasteiger partial charge in [-0.15, -0.1) is 5.10 Å². The van der Waals surface area contributed by atoms with Crippen LogP contribution in [0.5, 0.6) is 5.19 Å². The van der Waals surface area contributed by atoms with Gasteiger partial charge in [-0.3, -0.25) is 0 Å². The second-order valence-corrected chi connectivity index (χ2v) is 4.71. The van der Waals surface area contributed by atoms with Crippen LogP contribution in [0.3, 0.4) is 0 Å². The number of aromatic nitrogens is 3. The predicted molar refractivity (Wildman–Crippen MR) is 67.6 cm³/mol. The summed E-state index contributed by atoms with van der Waals surface area (Å²) in [6.07, 6.45) is 1.92. The lowest BCUT2D eigenvalue weighted by Gasteiger charge is -1.96. The van der Waals surface area contributed by atoms with Gasteiger partial charge in [0.15, 0.2) is 0 Å². The average Bonchev–Trinajstić information content (AvgIpc) is 2.87. The molecule has 3 aromatic rings. The Hall–Kier alpha value is -1.88. The Kier molecular flexibility index (Phi) is 2.33. The molecule has 0 spiro atoms. The van der Waals surface area contributed by atoms with Gasteiger partial charge in [-0.1, -0.05) is 29.8 Å². The summed E-state index contributed by atoms with van der Waals surface area (Å²) in [5.74, 6) is 0. The standard InChI is InChI=1S/C12H11N3OS/c1-8-3-5-9(6-4-8)10-7-15-11(13-10)17-12(14-15)16-2/h3-7H,1-2H3. The number of ether oxygens (including phenoxy) is 1. The minimum absolute atomic E-state index is 0.628. The molecule has 86 valence electrons. The number of hydrogen-bond donors (Lipinski definition) is 0. The zero-order chi connectivity index (χ0) is 11.8. The Morgan fingerprint density at radius 2 is 2.00 bits per heavy atom. The van der Waals surface area contributed by atoms with Gasteiger partial charge in [-0.2, -0.15) is 0 Å². The molecule has 0 saturated carbocycles. The van der Waals surface area contributed by atoms with Crippen molar-refractivity contribution in [2.75, 3.05) is 7.11 Å². The molecule has 0 atom stereocenters. The highest BCUT2D eigenvalue weighted by atomic mass is 32.1. The van der Waals surface area contributed by atoms with Crippen LogP contribution < -0.4 is 4.74 Å². The van der Waals surface area contributed by atoms with Gasteiger partial charge in [0.2, 0.25) is 4.96 Å². The van der Waals surface area contributed by atoms with Crippen LogP contribution in [0.15, 0.2) is 30.5 Å². The molecule has 0 radical (unpaired) electrons. The molecular weight excluding hydrogens is 234 g/mol. The first-order chi connectivity index (χ1) is 8.26. The molecule has 0 aliphatic carbocycles. The number of fused-ring (bicyclic) bond motifs is 1. The molecule has 3 rings (SSSR count). The molecule has 0 aliphatic heterocycles. The maximum atomic E-state index is 5.07. The number of imidazole rings is 1. The fourth-order valence-corrected chi connectivity index (χ4v) is 2.33. The summed E-state index contributed by atoms with van der Waals surface area (Å²) < 4.78 is 6.81. The monoisotopic (exact) mass is 245 g/mol. The van der Waals surface area contributed by atoms with E-state index in [9.17, 15) is 0 Å². The number of hydrogen-bond acceptors (Lipinski definition) is 4. The molecule has 0 unspecified atom stereocenters. The topological polar surface area (TPSA) is 39.4 Å². The SMILES string of the molecule is COc1nn2cc(-c3ccc(C)cc3)nc2s1.